The van der Waals surface area contributed by atoms with E-state index in [0.717, 1.165) is 12.8 Å². The Morgan fingerprint density at radius 3 is 3.17 bits per heavy atom. The second kappa shape index (κ2) is 5.29. The fraction of sp³-hybridized carbons (Fsp3) is 0.333. The molecule has 1 N–H and O–H groups in total. The van der Waals surface area contributed by atoms with Gasteiger partial charge in [-0.15, -0.1) is 0 Å². The Morgan fingerprint density at radius 1 is 1.58 bits per heavy atom. The molecule has 3 nitrogen and oxygen atoms in total. The van der Waals surface area contributed by atoms with E-state index in [9.17, 15) is 4.79 Å². The van der Waals surface area contributed by atoms with Gasteiger partial charge in [-0.2, -0.15) is 0 Å². The number of carbonyl (C=O) groups excluding carboxylic acids is 1. The molecule has 1 aromatic rings. The van der Waals surface area contributed by atoms with Crippen molar-refractivity contribution in [3.05, 3.63) is 30.1 Å². The van der Waals surface area contributed by atoms with E-state index in [1.54, 1.807) is 12.6 Å². The maximum absolute atomic E-state index is 9.77. The van der Waals surface area contributed by atoms with Gasteiger partial charge in [0, 0.05) is 18.9 Å². The van der Waals surface area contributed by atoms with E-state index >= 15 is 0 Å². The molecule has 1 amide bonds. The highest BCUT2D eigenvalue weighted by Crippen LogP contribution is 1.98. The zero-order chi connectivity index (χ0) is 8.65. The van der Waals surface area contributed by atoms with Crippen LogP contribution in [0.5, 0.6) is 0 Å². The maximum atomic E-state index is 9.77. The number of aryl methyl sites for hydroxylation is 1. The smallest absolute Gasteiger partial charge is 0.309 e. The van der Waals surface area contributed by atoms with Crippen LogP contribution in [0.2, 0.25) is 0 Å². The molecule has 0 aliphatic rings. The molecule has 0 fully saturated rings. The molecule has 0 aliphatic heterocycles. The van der Waals surface area contributed by atoms with Gasteiger partial charge < -0.3 is 5.32 Å². The van der Waals surface area contributed by atoms with Gasteiger partial charge in [0.1, 0.15) is 0 Å². The third-order valence-corrected chi connectivity index (χ3v) is 1.56. The quantitative estimate of drug-likeness (QED) is 0.512. The Morgan fingerprint density at radius 2 is 2.50 bits per heavy atom. The fourth-order valence-corrected chi connectivity index (χ4v) is 0.978. The van der Waals surface area contributed by atoms with Gasteiger partial charge in [-0.05, 0) is 24.5 Å². The van der Waals surface area contributed by atoms with Crippen LogP contribution in [0.3, 0.4) is 0 Å². The number of hydrogen-bond donors (Lipinski definition) is 1. The molecule has 0 aromatic carbocycles. The van der Waals surface area contributed by atoms with Gasteiger partial charge in [0.05, 0.1) is 0 Å². The molecule has 0 unspecified atom stereocenters. The molecule has 12 heavy (non-hydrogen) atoms. The topological polar surface area (TPSA) is 42.0 Å². The van der Waals surface area contributed by atoms with Gasteiger partial charge in [-0.3, -0.25) is 9.78 Å². The van der Waals surface area contributed by atoms with E-state index in [2.05, 4.69) is 10.3 Å². The SMILES string of the molecule is O=[C]NCCCc1cccnc1. The lowest BCUT2D eigenvalue weighted by Crippen LogP contribution is -2.12. The summed E-state index contributed by atoms with van der Waals surface area (Å²) >= 11 is 0. The first-order valence-corrected chi connectivity index (χ1v) is 3.92. The van der Waals surface area contributed by atoms with Gasteiger partial charge in [0.25, 0.3) is 0 Å². The highest BCUT2D eigenvalue weighted by Gasteiger charge is 1.90. The predicted octanol–water partition coefficient (Wildman–Crippen LogP) is 0.671. The molecule has 1 aromatic heterocycles. The van der Waals surface area contributed by atoms with Crippen LogP contribution in [0.1, 0.15) is 12.0 Å². The number of pyridine rings is 1. The predicted molar refractivity (Wildman–Crippen MR) is 46.3 cm³/mol. The highest BCUT2D eigenvalue weighted by atomic mass is 16.1. The molecule has 63 valence electrons. The van der Waals surface area contributed by atoms with Crippen molar-refractivity contribution in [1.29, 1.82) is 0 Å². The molecule has 0 atom stereocenters. The number of amides is 1. The highest BCUT2D eigenvalue weighted by molar-refractivity contribution is 5.46. The summed E-state index contributed by atoms with van der Waals surface area (Å²) in [5.41, 5.74) is 1.20. The average Bonchev–Trinajstić information content (AvgIpc) is 2.14. The van der Waals surface area contributed by atoms with Gasteiger partial charge in [0.2, 0.25) is 0 Å². The van der Waals surface area contributed by atoms with Crippen LogP contribution in [0.4, 0.5) is 0 Å². The van der Waals surface area contributed by atoms with E-state index in [4.69, 9.17) is 0 Å². The molecule has 1 rings (SSSR count). The largest absolute Gasteiger partial charge is 0.348 e. The van der Waals surface area contributed by atoms with E-state index in [-0.39, 0.29) is 0 Å². The summed E-state index contributed by atoms with van der Waals surface area (Å²) in [5, 5.41) is 2.49. The molecule has 3 heteroatoms. The van der Waals surface area contributed by atoms with E-state index in [0.29, 0.717) is 6.54 Å². The minimum absolute atomic E-state index is 0.679. The normalized spacial score (nSPS) is 9.33. The molecule has 1 heterocycles. The molecule has 0 bridgehead atoms. The second-order valence-electron chi connectivity index (χ2n) is 2.49. The van der Waals surface area contributed by atoms with Gasteiger partial charge in [-0.25, -0.2) is 0 Å². The number of hydrogen-bond acceptors (Lipinski definition) is 2. The Hall–Kier alpha value is -1.38. The molecular weight excluding hydrogens is 152 g/mol. The maximum Gasteiger partial charge on any atom is 0.309 e. The first-order chi connectivity index (χ1) is 5.93. The number of nitrogens with zero attached hydrogens (tertiary/aromatic N) is 1. The summed E-state index contributed by atoms with van der Waals surface area (Å²) in [6, 6.07) is 3.94. The summed E-state index contributed by atoms with van der Waals surface area (Å²) < 4.78 is 0. The third-order valence-electron chi connectivity index (χ3n) is 1.56. The van der Waals surface area contributed by atoms with Gasteiger partial charge in [-0.1, -0.05) is 6.07 Å². The molecule has 1 radical (unpaired) electrons. The van der Waals surface area contributed by atoms with Gasteiger partial charge in [0.15, 0.2) is 0 Å². The van der Waals surface area contributed by atoms with Crippen LogP contribution in [0, 0.1) is 0 Å². The van der Waals surface area contributed by atoms with Crippen LogP contribution in [0.25, 0.3) is 0 Å². The molecule has 0 spiro atoms. The first kappa shape index (κ1) is 8.71. The standard InChI is InChI=1S/C9H11N2O/c12-8-11-6-2-4-9-3-1-5-10-7-9/h1,3,5,7H,2,4,6H2,(H,11,12). The Balaban J connectivity index is 2.20. The number of nitrogens with one attached hydrogen (secondary N) is 1. The average molecular weight is 163 g/mol. The minimum atomic E-state index is 0.679. The van der Waals surface area contributed by atoms with Crippen molar-refractivity contribution in [1.82, 2.24) is 10.3 Å². The molecule has 0 aliphatic carbocycles. The molecule has 0 saturated heterocycles. The summed E-state index contributed by atoms with van der Waals surface area (Å²) in [5.74, 6) is 0. The zero-order valence-corrected chi connectivity index (χ0v) is 6.79. The summed E-state index contributed by atoms with van der Waals surface area (Å²) in [4.78, 5) is 13.8. The monoisotopic (exact) mass is 163 g/mol. The third kappa shape index (κ3) is 3.14. The van der Waals surface area contributed by atoms with Crippen LogP contribution in [-0.2, 0) is 11.2 Å². The second-order valence-corrected chi connectivity index (χ2v) is 2.49. The Kier molecular flexibility index (Phi) is 3.84. The summed E-state index contributed by atoms with van der Waals surface area (Å²) in [6.45, 7) is 0.679. The molecular formula is C9H11N2O. The van der Waals surface area contributed by atoms with Crippen molar-refractivity contribution in [3.8, 4) is 0 Å². The Bertz CT molecular complexity index is 223. The molecule has 0 saturated carbocycles. The van der Waals surface area contributed by atoms with E-state index in [1.165, 1.54) is 5.56 Å². The van der Waals surface area contributed by atoms with Crippen LogP contribution >= 0.6 is 0 Å². The van der Waals surface area contributed by atoms with Crippen molar-refractivity contribution in [2.24, 2.45) is 0 Å². The van der Waals surface area contributed by atoms with Crippen molar-refractivity contribution in [2.45, 2.75) is 12.8 Å². The first-order valence-electron chi connectivity index (χ1n) is 3.92. The van der Waals surface area contributed by atoms with Crippen molar-refractivity contribution >= 4 is 6.41 Å². The van der Waals surface area contributed by atoms with E-state index in [1.807, 2.05) is 18.3 Å². The lowest BCUT2D eigenvalue weighted by atomic mass is 10.2. The summed E-state index contributed by atoms with van der Waals surface area (Å²) in [7, 11) is 0. The fourth-order valence-electron chi connectivity index (χ4n) is 0.978. The van der Waals surface area contributed by atoms with Crippen LogP contribution in [-0.4, -0.2) is 17.9 Å². The lowest BCUT2D eigenvalue weighted by molar-refractivity contribution is 0.540. The lowest BCUT2D eigenvalue weighted by Gasteiger charge is -1.98. The number of aromatic nitrogens is 1. The van der Waals surface area contributed by atoms with Crippen LogP contribution in [0.15, 0.2) is 24.5 Å². The van der Waals surface area contributed by atoms with Crippen molar-refractivity contribution < 1.29 is 4.79 Å². The summed E-state index contributed by atoms with van der Waals surface area (Å²) in [6.07, 6.45) is 7.11. The number of rotatable bonds is 5. The zero-order valence-electron chi connectivity index (χ0n) is 6.79. The van der Waals surface area contributed by atoms with Gasteiger partial charge >= 0.3 is 6.41 Å². The Labute approximate surface area is 71.8 Å². The minimum Gasteiger partial charge on any atom is -0.348 e. The van der Waals surface area contributed by atoms with E-state index < -0.39 is 0 Å². The van der Waals surface area contributed by atoms with Crippen LogP contribution < -0.4 is 5.32 Å². The van der Waals surface area contributed by atoms with Crippen molar-refractivity contribution in [3.63, 3.8) is 0 Å². The van der Waals surface area contributed by atoms with Crippen molar-refractivity contribution in [2.75, 3.05) is 6.54 Å².